The molecule has 2 atom stereocenters. The number of carbonyl (C=O) groups is 1. The van der Waals surface area contributed by atoms with Crippen LogP contribution in [0.5, 0.6) is 0 Å². The van der Waals surface area contributed by atoms with Gasteiger partial charge in [0.05, 0.1) is 12.0 Å². The fraction of sp³-hybridized carbons (Fsp3) is 0.562. The quantitative estimate of drug-likeness (QED) is 0.828. The Kier molecular flexibility index (Phi) is 5.55. The summed E-state index contributed by atoms with van der Waals surface area (Å²) in [6.45, 7) is 8.10. The maximum Gasteiger partial charge on any atom is 0.224 e. The largest absolute Gasteiger partial charge is 0.388 e. The number of nitrogens with one attached hydrogen (secondary N) is 1. The molecule has 0 saturated carbocycles. The lowest BCUT2D eigenvalue weighted by molar-refractivity contribution is -0.122. The SMILES string of the molecule is CCC(C)C(C)(O)CNC(=O)Cc1ccccc1C. The average molecular weight is 263 g/mol. The first-order chi connectivity index (χ1) is 8.86. The molecule has 3 heteroatoms. The Morgan fingerprint density at radius 1 is 1.42 bits per heavy atom. The van der Waals surface area contributed by atoms with E-state index in [0.29, 0.717) is 13.0 Å². The Morgan fingerprint density at radius 2 is 2.05 bits per heavy atom. The van der Waals surface area contributed by atoms with E-state index in [2.05, 4.69) is 5.32 Å². The number of hydrogen-bond donors (Lipinski definition) is 2. The number of amides is 1. The molecule has 0 spiro atoms. The fourth-order valence-corrected chi connectivity index (χ4v) is 1.94. The van der Waals surface area contributed by atoms with E-state index < -0.39 is 5.60 Å². The van der Waals surface area contributed by atoms with Crippen molar-refractivity contribution < 1.29 is 9.90 Å². The summed E-state index contributed by atoms with van der Waals surface area (Å²) in [6.07, 6.45) is 1.25. The molecule has 0 bridgehead atoms. The Labute approximate surface area is 116 Å². The van der Waals surface area contributed by atoms with Crippen molar-refractivity contribution in [3.63, 3.8) is 0 Å². The van der Waals surface area contributed by atoms with Gasteiger partial charge in [0.25, 0.3) is 0 Å². The van der Waals surface area contributed by atoms with Gasteiger partial charge in [-0.1, -0.05) is 44.5 Å². The van der Waals surface area contributed by atoms with Gasteiger partial charge in [-0.2, -0.15) is 0 Å². The van der Waals surface area contributed by atoms with E-state index in [9.17, 15) is 9.90 Å². The average Bonchev–Trinajstić information content (AvgIpc) is 2.38. The lowest BCUT2D eigenvalue weighted by atomic mass is 9.88. The van der Waals surface area contributed by atoms with Crippen molar-refractivity contribution in [2.45, 2.75) is 46.1 Å². The highest BCUT2D eigenvalue weighted by atomic mass is 16.3. The summed E-state index contributed by atoms with van der Waals surface area (Å²) in [5, 5.41) is 13.1. The Hall–Kier alpha value is -1.35. The van der Waals surface area contributed by atoms with Gasteiger partial charge < -0.3 is 10.4 Å². The molecule has 1 aromatic carbocycles. The predicted molar refractivity (Wildman–Crippen MR) is 78.0 cm³/mol. The van der Waals surface area contributed by atoms with Crippen molar-refractivity contribution in [3.8, 4) is 0 Å². The van der Waals surface area contributed by atoms with Crippen LogP contribution in [0.2, 0.25) is 0 Å². The molecule has 0 radical (unpaired) electrons. The van der Waals surface area contributed by atoms with Gasteiger partial charge in [0, 0.05) is 6.54 Å². The van der Waals surface area contributed by atoms with Crippen LogP contribution in [0.15, 0.2) is 24.3 Å². The van der Waals surface area contributed by atoms with E-state index in [1.165, 1.54) is 0 Å². The predicted octanol–water partition coefficient (Wildman–Crippen LogP) is 2.45. The van der Waals surface area contributed by atoms with Crippen LogP contribution in [0.25, 0.3) is 0 Å². The summed E-state index contributed by atoms with van der Waals surface area (Å²) in [7, 11) is 0. The molecule has 2 N–H and O–H groups in total. The van der Waals surface area contributed by atoms with Crippen molar-refractivity contribution in [1.82, 2.24) is 5.32 Å². The van der Waals surface area contributed by atoms with Gasteiger partial charge in [-0.05, 0) is 30.9 Å². The van der Waals surface area contributed by atoms with E-state index in [4.69, 9.17) is 0 Å². The Morgan fingerprint density at radius 3 is 2.63 bits per heavy atom. The molecule has 0 saturated heterocycles. The van der Waals surface area contributed by atoms with Crippen molar-refractivity contribution in [2.75, 3.05) is 6.54 Å². The van der Waals surface area contributed by atoms with Crippen molar-refractivity contribution in [2.24, 2.45) is 5.92 Å². The number of rotatable bonds is 6. The molecular weight excluding hydrogens is 238 g/mol. The van der Waals surface area contributed by atoms with Crippen LogP contribution in [0.1, 0.15) is 38.3 Å². The third-order valence-electron chi connectivity index (χ3n) is 3.93. The zero-order chi connectivity index (χ0) is 14.5. The molecule has 3 nitrogen and oxygen atoms in total. The van der Waals surface area contributed by atoms with Gasteiger partial charge in [0.15, 0.2) is 0 Å². The number of benzene rings is 1. The van der Waals surface area contributed by atoms with Gasteiger partial charge >= 0.3 is 0 Å². The van der Waals surface area contributed by atoms with Gasteiger partial charge in [-0.15, -0.1) is 0 Å². The van der Waals surface area contributed by atoms with Crippen LogP contribution < -0.4 is 5.32 Å². The summed E-state index contributed by atoms with van der Waals surface area (Å²) in [5.41, 5.74) is 1.30. The lowest BCUT2D eigenvalue weighted by Gasteiger charge is -2.29. The van der Waals surface area contributed by atoms with Crippen molar-refractivity contribution >= 4 is 5.91 Å². The maximum atomic E-state index is 11.9. The van der Waals surface area contributed by atoms with Crippen LogP contribution in [0.3, 0.4) is 0 Å². The Balaban J connectivity index is 2.51. The first-order valence-corrected chi connectivity index (χ1v) is 6.90. The van der Waals surface area contributed by atoms with Gasteiger partial charge in [0.2, 0.25) is 5.91 Å². The second-order valence-electron chi connectivity index (χ2n) is 5.55. The van der Waals surface area contributed by atoms with Crippen LogP contribution in [-0.2, 0) is 11.2 Å². The number of aliphatic hydroxyl groups is 1. The lowest BCUT2D eigenvalue weighted by Crippen LogP contribution is -2.45. The summed E-state index contributed by atoms with van der Waals surface area (Å²) in [4.78, 5) is 11.9. The number of carbonyl (C=O) groups excluding carboxylic acids is 1. The molecular formula is C16H25NO2. The molecule has 0 fully saturated rings. The molecule has 0 aliphatic rings. The van der Waals surface area contributed by atoms with E-state index in [1.54, 1.807) is 6.92 Å². The smallest absolute Gasteiger partial charge is 0.224 e. The summed E-state index contributed by atoms with van der Waals surface area (Å²) in [5.74, 6) is 0.115. The standard InChI is InChI=1S/C16H25NO2/c1-5-13(3)16(4,19)11-17-15(18)10-14-9-7-6-8-12(14)2/h6-9,13,19H,5,10-11H2,1-4H3,(H,17,18). The normalized spacial score (nSPS) is 15.6. The second-order valence-corrected chi connectivity index (χ2v) is 5.55. The molecule has 19 heavy (non-hydrogen) atoms. The highest BCUT2D eigenvalue weighted by Gasteiger charge is 2.27. The van der Waals surface area contributed by atoms with E-state index in [1.807, 2.05) is 45.0 Å². The van der Waals surface area contributed by atoms with Crippen LogP contribution in [0, 0.1) is 12.8 Å². The zero-order valence-corrected chi connectivity index (χ0v) is 12.4. The van der Waals surface area contributed by atoms with Crippen LogP contribution in [-0.4, -0.2) is 23.2 Å². The van der Waals surface area contributed by atoms with Gasteiger partial charge in [0.1, 0.15) is 0 Å². The Bertz CT molecular complexity index is 427. The minimum absolute atomic E-state index is 0.0436. The van der Waals surface area contributed by atoms with Gasteiger partial charge in [-0.25, -0.2) is 0 Å². The highest BCUT2D eigenvalue weighted by Crippen LogP contribution is 2.18. The van der Waals surface area contributed by atoms with Gasteiger partial charge in [-0.3, -0.25) is 4.79 Å². The third-order valence-corrected chi connectivity index (χ3v) is 3.93. The number of hydrogen-bond acceptors (Lipinski definition) is 2. The molecule has 2 unspecified atom stereocenters. The molecule has 0 aromatic heterocycles. The minimum Gasteiger partial charge on any atom is -0.388 e. The molecule has 1 rings (SSSR count). The van der Waals surface area contributed by atoms with Crippen molar-refractivity contribution in [1.29, 1.82) is 0 Å². The molecule has 0 heterocycles. The summed E-state index contributed by atoms with van der Waals surface area (Å²) in [6, 6.07) is 7.86. The molecule has 0 aliphatic heterocycles. The topological polar surface area (TPSA) is 49.3 Å². The third kappa shape index (κ3) is 4.67. The fourth-order valence-electron chi connectivity index (χ4n) is 1.94. The van der Waals surface area contributed by atoms with Crippen LogP contribution >= 0.6 is 0 Å². The van der Waals surface area contributed by atoms with E-state index >= 15 is 0 Å². The second kappa shape index (κ2) is 6.71. The maximum absolute atomic E-state index is 11.9. The highest BCUT2D eigenvalue weighted by molar-refractivity contribution is 5.78. The summed E-state index contributed by atoms with van der Waals surface area (Å²) < 4.78 is 0. The monoisotopic (exact) mass is 263 g/mol. The first kappa shape index (κ1) is 15.7. The number of aryl methyl sites for hydroxylation is 1. The molecule has 1 aromatic rings. The summed E-state index contributed by atoms with van der Waals surface area (Å²) >= 11 is 0. The molecule has 106 valence electrons. The first-order valence-electron chi connectivity index (χ1n) is 6.90. The minimum atomic E-state index is -0.851. The van der Waals surface area contributed by atoms with E-state index in [-0.39, 0.29) is 11.8 Å². The molecule has 0 aliphatic carbocycles. The zero-order valence-electron chi connectivity index (χ0n) is 12.4. The molecule has 1 amide bonds. The van der Waals surface area contributed by atoms with E-state index in [0.717, 1.165) is 17.5 Å². The van der Waals surface area contributed by atoms with Crippen molar-refractivity contribution in [3.05, 3.63) is 35.4 Å². The van der Waals surface area contributed by atoms with Crippen LogP contribution in [0.4, 0.5) is 0 Å².